The molecule has 0 saturated carbocycles. The quantitative estimate of drug-likeness (QED) is 0.474. The maximum Gasteiger partial charge on any atom is 0.225 e. The third-order valence-corrected chi connectivity index (χ3v) is 3.40. The molecule has 2 rings (SSSR count). The van der Waals surface area contributed by atoms with Gasteiger partial charge in [-0.25, -0.2) is 9.37 Å². The normalized spacial score (nSPS) is 10.5. The standard InChI is InChI=1S/C13H12BrF2N3OS/c1-3-17-10-6-11(19-13(18-10)21-2)20-9-5-7(14)4-8(15)12(9)16/h4-6H,3H2,1-2H3,(H,17,18,19). The molecule has 1 aromatic carbocycles. The molecule has 0 aliphatic carbocycles. The predicted molar refractivity (Wildman–Crippen MR) is 82.1 cm³/mol. The summed E-state index contributed by atoms with van der Waals surface area (Å²) < 4.78 is 32.8. The van der Waals surface area contributed by atoms with Crippen LogP contribution < -0.4 is 10.1 Å². The molecule has 0 amide bonds. The summed E-state index contributed by atoms with van der Waals surface area (Å²) in [4.78, 5) is 8.34. The van der Waals surface area contributed by atoms with Crippen LogP contribution in [0, 0.1) is 11.6 Å². The predicted octanol–water partition coefficient (Wildman–Crippen LogP) is 4.46. The second-order valence-corrected chi connectivity index (χ2v) is 5.60. The van der Waals surface area contributed by atoms with Gasteiger partial charge >= 0.3 is 0 Å². The van der Waals surface area contributed by atoms with Gasteiger partial charge < -0.3 is 10.1 Å². The highest BCUT2D eigenvalue weighted by Gasteiger charge is 2.14. The summed E-state index contributed by atoms with van der Waals surface area (Å²) in [6, 6.07) is 3.90. The van der Waals surface area contributed by atoms with Crippen molar-refractivity contribution in [1.82, 2.24) is 9.97 Å². The number of rotatable bonds is 5. The average molecular weight is 376 g/mol. The van der Waals surface area contributed by atoms with E-state index in [0.717, 1.165) is 6.07 Å². The topological polar surface area (TPSA) is 47.0 Å². The number of aromatic nitrogens is 2. The number of ether oxygens (including phenoxy) is 1. The summed E-state index contributed by atoms with van der Waals surface area (Å²) in [5, 5.41) is 3.50. The van der Waals surface area contributed by atoms with E-state index in [9.17, 15) is 8.78 Å². The van der Waals surface area contributed by atoms with Gasteiger partial charge in [0.2, 0.25) is 11.7 Å². The minimum absolute atomic E-state index is 0.140. The van der Waals surface area contributed by atoms with Crippen LogP contribution >= 0.6 is 27.7 Å². The first-order chi connectivity index (χ1) is 10.0. The maximum absolute atomic E-state index is 13.7. The summed E-state index contributed by atoms with van der Waals surface area (Å²) in [5.41, 5.74) is 0. The van der Waals surface area contributed by atoms with Crippen molar-refractivity contribution in [1.29, 1.82) is 0 Å². The van der Waals surface area contributed by atoms with E-state index >= 15 is 0 Å². The van der Waals surface area contributed by atoms with Crippen molar-refractivity contribution in [3.05, 3.63) is 34.3 Å². The molecule has 0 aliphatic rings. The van der Waals surface area contributed by atoms with E-state index in [1.165, 1.54) is 23.9 Å². The van der Waals surface area contributed by atoms with Crippen molar-refractivity contribution in [2.45, 2.75) is 12.1 Å². The monoisotopic (exact) mass is 375 g/mol. The van der Waals surface area contributed by atoms with E-state index < -0.39 is 11.6 Å². The number of benzene rings is 1. The Morgan fingerprint density at radius 1 is 1.29 bits per heavy atom. The summed E-state index contributed by atoms with van der Waals surface area (Å²) in [5.74, 6) is -1.60. The van der Waals surface area contributed by atoms with Crippen LogP contribution in [0.25, 0.3) is 0 Å². The molecule has 0 atom stereocenters. The van der Waals surface area contributed by atoms with Crippen molar-refractivity contribution < 1.29 is 13.5 Å². The number of hydrogen-bond donors (Lipinski definition) is 1. The number of nitrogens with one attached hydrogen (secondary N) is 1. The van der Waals surface area contributed by atoms with Crippen molar-refractivity contribution in [3.8, 4) is 11.6 Å². The Morgan fingerprint density at radius 2 is 2.05 bits per heavy atom. The fourth-order valence-corrected chi connectivity index (χ4v) is 2.32. The summed E-state index contributed by atoms with van der Waals surface area (Å²) in [6.07, 6.45) is 1.81. The first kappa shape index (κ1) is 16.0. The molecule has 1 N–H and O–H groups in total. The minimum atomic E-state index is -1.06. The highest BCUT2D eigenvalue weighted by molar-refractivity contribution is 9.10. The minimum Gasteiger partial charge on any atom is -0.436 e. The molecule has 1 heterocycles. The maximum atomic E-state index is 13.7. The van der Waals surface area contributed by atoms with Gasteiger partial charge in [0.15, 0.2) is 16.7 Å². The van der Waals surface area contributed by atoms with Gasteiger partial charge in [0.1, 0.15) is 5.82 Å². The van der Waals surface area contributed by atoms with Crippen molar-refractivity contribution in [2.24, 2.45) is 0 Å². The largest absolute Gasteiger partial charge is 0.436 e. The zero-order chi connectivity index (χ0) is 15.4. The molecule has 0 bridgehead atoms. The lowest BCUT2D eigenvalue weighted by atomic mass is 10.3. The summed E-state index contributed by atoms with van der Waals surface area (Å²) in [7, 11) is 0. The molecule has 1 aromatic heterocycles. The zero-order valence-corrected chi connectivity index (χ0v) is 13.7. The fourth-order valence-electron chi connectivity index (χ4n) is 1.54. The molecule has 0 spiro atoms. The summed E-state index contributed by atoms with van der Waals surface area (Å²) in [6.45, 7) is 2.59. The molecule has 0 radical (unpaired) electrons. The molecule has 0 unspecified atom stereocenters. The smallest absolute Gasteiger partial charge is 0.225 e. The molecule has 112 valence electrons. The van der Waals surface area contributed by atoms with Crippen molar-refractivity contribution >= 4 is 33.5 Å². The second kappa shape index (κ2) is 7.04. The van der Waals surface area contributed by atoms with Gasteiger partial charge in [0, 0.05) is 17.1 Å². The molecule has 2 aromatic rings. The number of nitrogens with zero attached hydrogens (tertiary/aromatic N) is 2. The van der Waals surface area contributed by atoms with Gasteiger partial charge in [0.05, 0.1) is 0 Å². The van der Waals surface area contributed by atoms with Crippen LogP contribution in [-0.2, 0) is 0 Å². The number of thioether (sulfide) groups is 1. The van der Waals surface area contributed by atoms with Crippen LogP contribution in [0.1, 0.15) is 6.92 Å². The van der Waals surface area contributed by atoms with E-state index in [4.69, 9.17) is 4.74 Å². The van der Waals surface area contributed by atoms with Crippen LogP contribution in [0.15, 0.2) is 27.8 Å². The van der Waals surface area contributed by atoms with Gasteiger partial charge in [-0.05, 0) is 25.3 Å². The number of anilines is 1. The van der Waals surface area contributed by atoms with E-state index in [-0.39, 0.29) is 11.6 Å². The SMILES string of the molecule is CCNc1cc(Oc2cc(Br)cc(F)c2F)nc(SC)n1. The lowest BCUT2D eigenvalue weighted by molar-refractivity contribution is 0.401. The van der Waals surface area contributed by atoms with E-state index in [0.29, 0.717) is 22.0 Å². The number of hydrogen-bond acceptors (Lipinski definition) is 5. The Hall–Kier alpha value is -1.41. The van der Waals surface area contributed by atoms with Gasteiger partial charge in [-0.15, -0.1) is 0 Å². The van der Waals surface area contributed by atoms with E-state index in [1.54, 1.807) is 0 Å². The Morgan fingerprint density at radius 3 is 2.71 bits per heavy atom. The van der Waals surface area contributed by atoms with Crippen LogP contribution in [0.2, 0.25) is 0 Å². The van der Waals surface area contributed by atoms with Crippen molar-refractivity contribution in [3.63, 3.8) is 0 Å². The molecule has 0 fully saturated rings. The van der Waals surface area contributed by atoms with Gasteiger partial charge in [-0.3, -0.25) is 0 Å². The summed E-state index contributed by atoms with van der Waals surface area (Å²) >= 11 is 4.42. The van der Waals surface area contributed by atoms with Crippen LogP contribution in [0.3, 0.4) is 0 Å². The Labute approximate surface area is 133 Å². The first-order valence-electron chi connectivity index (χ1n) is 6.02. The Balaban J connectivity index is 2.37. The first-order valence-corrected chi connectivity index (χ1v) is 8.04. The van der Waals surface area contributed by atoms with Gasteiger partial charge in [-0.2, -0.15) is 9.37 Å². The van der Waals surface area contributed by atoms with Gasteiger partial charge in [-0.1, -0.05) is 27.7 Å². The third kappa shape index (κ3) is 4.04. The molecular weight excluding hydrogens is 364 g/mol. The van der Waals surface area contributed by atoms with E-state index in [1.807, 2.05) is 13.2 Å². The fraction of sp³-hybridized carbons (Fsp3) is 0.231. The highest BCUT2D eigenvalue weighted by Crippen LogP contribution is 2.30. The van der Waals surface area contributed by atoms with E-state index in [2.05, 4.69) is 31.2 Å². The van der Waals surface area contributed by atoms with Crippen LogP contribution in [0.5, 0.6) is 11.6 Å². The molecule has 4 nitrogen and oxygen atoms in total. The third-order valence-electron chi connectivity index (χ3n) is 2.40. The van der Waals surface area contributed by atoms with Crippen LogP contribution in [-0.4, -0.2) is 22.8 Å². The highest BCUT2D eigenvalue weighted by atomic mass is 79.9. The van der Waals surface area contributed by atoms with Crippen molar-refractivity contribution in [2.75, 3.05) is 18.1 Å². The Bertz CT molecular complexity index is 658. The molecular formula is C13H12BrF2N3OS. The van der Waals surface area contributed by atoms with Gasteiger partial charge in [0.25, 0.3) is 0 Å². The second-order valence-electron chi connectivity index (χ2n) is 3.91. The molecule has 8 heteroatoms. The lowest BCUT2D eigenvalue weighted by Crippen LogP contribution is -2.02. The zero-order valence-electron chi connectivity index (χ0n) is 11.3. The van der Waals surface area contributed by atoms with Crippen LogP contribution in [0.4, 0.5) is 14.6 Å². The number of halogens is 3. The average Bonchev–Trinajstić information content (AvgIpc) is 2.44. The molecule has 21 heavy (non-hydrogen) atoms. The molecule has 0 aliphatic heterocycles. The molecule has 0 saturated heterocycles. The lowest BCUT2D eigenvalue weighted by Gasteiger charge is -2.10. The Kier molecular flexibility index (Phi) is 5.35.